The van der Waals surface area contributed by atoms with E-state index in [4.69, 9.17) is 4.42 Å². The molecule has 0 amide bonds. The molecule has 0 aliphatic carbocycles. The summed E-state index contributed by atoms with van der Waals surface area (Å²) in [6.45, 7) is 8.25. The van der Waals surface area contributed by atoms with E-state index in [0.29, 0.717) is 24.2 Å². The second kappa shape index (κ2) is 5.72. The van der Waals surface area contributed by atoms with Gasteiger partial charge in [-0.1, -0.05) is 19.1 Å². The van der Waals surface area contributed by atoms with Crippen molar-refractivity contribution in [2.24, 2.45) is 5.92 Å². The van der Waals surface area contributed by atoms with E-state index in [1.807, 2.05) is 6.20 Å². The van der Waals surface area contributed by atoms with Crippen molar-refractivity contribution in [3.8, 4) is 0 Å². The van der Waals surface area contributed by atoms with Gasteiger partial charge in [0.1, 0.15) is 6.54 Å². The van der Waals surface area contributed by atoms with Gasteiger partial charge in [-0.15, -0.1) is 15.3 Å². The summed E-state index contributed by atoms with van der Waals surface area (Å²) in [5.41, 5.74) is 0.909. The van der Waals surface area contributed by atoms with Gasteiger partial charge in [0.05, 0.1) is 11.9 Å². The quantitative estimate of drug-likeness (QED) is 0.815. The largest absolute Gasteiger partial charge is 0.424 e. The molecule has 0 aromatic carbocycles. The topological polar surface area (TPSA) is 81.7 Å². The molecule has 1 N–H and O–H groups in total. The summed E-state index contributed by atoms with van der Waals surface area (Å²) >= 11 is 0. The smallest absolute Gasteiger partial charge is 0.237 e. The Hall–Kier alpha value is -1.76. The Morgan fingerprint density at radius 1 is 1.33 bits per heavy atom. The van der Waals surface area contributed by atoms with Crippen LogP contribution in [0.2, 0.25) is 0 Å². The van der Waals surface area contributed by atoms with Gasteiger partial charge in [-0.05, 0) is 12.5 Å². The van der Waals surface area contributed by atoms with E-state index in [9.17, 15) is 0 Å². The van der Waals surface area contributed by atoms with Gasteiger partial charge in [0.25, 0.3) is 0 Å². The molecule has 18 heavy (non-hydrogen) atoms. The minimum atomic E-state index is 0.456. The van der Waals surface area contributed by atoms with Gasteiger partial charge in [0.2, 0.25) is 11.8 Å². The number of aromatic nitrogens is 5. The molecule has 0 radical (unpaired) electrons. The molecule has 0 bridgehead atoms. The normalized spacial score (nSPS) is 11.3. The van der Waals surface area contributed by atoms with Crippen LogP contribution in [0.25, 0.3) is 0 Å². The fourth-order valence-electron chi connectivity index (χ4n) is 1.53. The number of rotatable bonds is 6. The summed E-state index contributed by atoms with van der Waals surface area (Å²) in [7, 11) is 0. The molecule has 2 aromatic rings. The highest BCUT2D eigenvalue weighted by Crippen LogP contribution is 2.01. The maximum Gasteiger partial charge on any atom is 0.237 e. The van der Waals surface area contributed by atoms with Gasteiger partial charge < -0.3 is 9.73 Å². The highest BCUT2D eigenvalue weighted by Gasteiger charge is 2.06. The van der Waals surface area contributed by atoms with Gasteiger partial charge in [-0.25, -0.2) is 4.68 Å². The molecule has 98 valence electrons. The van der Waals surface area contributed by atoms with Crippen LogP contribution in [-0.2, 0) is 13.1 Å². The summed E-state index contributed by atoms with van der Waals surface area (Å²) in [6.07, 6.45) is 1.88. The van der Waals surface area contributed by atoms with Crippen LogP contribution in [0.15, 0.2) is 10.6 Å². The molecule has 0 aliphatic rings. The second-order valence-corrected chi connectivity index (χ2v) is 4.65. The molecule has 0 aliphatic heterocycles. The van der Waals surface area contributed by atoms with Gasteiger partial charge in [-0.3, -0.25) is 0 Å². The molecule has 0 unspecified atom stereocenters. The van der Waals surface area contributed by atoms with Crippen molar-refractivity contribution in [2.45, 2.75) is 33.9 Å². The zero-order valence-electron chi connectivity index (χ0n) is 10.9. The van der Waals surface area contributed by atoms with E-state index < -0.39 is 0 Å². The Morgan fingerprint density at radius 3 is 2.83 bits per heavy atom. The molecular weight excluding hydrogens is 232 g/mol. The van der Waals surface area contributed by atoms with Gasteiger partial charge in [0, 0.05) is 13.5 Å². The van der Waals surface area contributed by atoms with Crippen molar-refractivity contribution < 1.29 is 4.42 Å². The third-order valence-corrected chi connectivity index (χ3v) is 2.31. The SMILES string of the molecule is Cc1nnc(Cn2cc(CNCC(C)C)nn2)o1. The van der Waals surface area contributed by atoms with Gasteiger partial charge in [0.15, 0.2) is 0 Å². The number of aryl methyl sites for hydroxylation is 1. The highest BCUT2D eigenvalue weighted by molar-refractivity contribution is 4.93. The summed E-state index contributed by atoms with van der Waals surface area (Å²) in [4.78, 5) is 0. The van der Waals surface area contributed by atoms with Crippen LogP contribution in [0.5, 0.6) is 0 Å². The fourth-order valence-corrected chi connectivity index (χ4v) is 1.53. The molecule has 0 fully saturated rings. The van der Waals surface area contributed by atoms with Crippen LogP contribution in [0.3, 0.4) is 0 Å². The summed E-state index contributed by atoms with van der Waals surface area (Å²) in [6, 6.07) is 0. The van der Waals surface area contributed by atoms with E-state index in [1.165, 1.54) is 0 Å². The molecule has 2 heterocycles. The van der Waals surface area contributed by atoms with Crippen LogP contribution >= 0.6 is 0 Å². The zero-order valence-corrected chi connectivity index (χ0v) is 10.9. The molecule has 2 rings (SSSR count). The Morgan fingerprint density at radius 2 is 2.17 bits per heavy atom. The van der Waals surface area contributed by atoms with E-state index in [1.54, 1.807) is 11.6 Å². The fraction of sp³-hybridized carbons (Fsp3) is 0.636. The van der Waals surface area contributed by atoms with Crippen molar-refractivity contribution in [3.05, 3.63) is 23.7 Å². The first-order valence-electron chi connectivity index (χ1n) is 6.02. The first kappa shape index (κ1) is 12.7. The number of hydrogen-bond acceptors (Lipinski definition) is 6. The van der Waals surface area contributed by atoms with Crippen LogP contribution in [-0.4, -0.2) is 31.7 Å². The molecule has 0 spiro atoms. The number of hydrogen-bond donors (Lipinski definition) is 1. The first-order valence-corrected chi connectivity index (χ1v) is 6.02. The van der Waals surface area contributed by atoms with Crippen molar-refractivity contribution in [1.82, 2.24) is 30.5 Å². The monoisotopic (exact) mass is 250 g/mol. The minimum Gasteiger partial charge on any atom is -0.424 e. The lowest BCUT2D eigenvalue weighted by molar-refractivity contribution is 0.441. The maximum atomic E-state index is 5.28. The van der Waals surface area contributed by atoms with E-state index in [-0.39, 0.29) is 0 Å². The predicted molar refractivity (Wildman–Crippen MR) is 64.7 cm³/mol. The van der Waals surface area contributed by atoms with Crippen LogP contribution in [0, 0.1) is 12.8 Å². The Labute approximate surface area is 106 Å². The molecule has 2 aromatic heterocycles. The van der Waals surface area contributed by atoms with Crippen LogP contribution in [0.4, 0.5) is 0 Å². The maximum absolute atomic E-state index is 5.28. The van der Waals surface area contributed by atoms with Gasteiger partial charge >= 0.3 is 0 Å². The Balaban J connectivity index is 1.86. The van der Waals surface area contributed by atoms with Crippen molar-refractivity contribution in [3.63, 3.8) is 0 Å². The predicted octanol–water partition coefficient (Wildman–Crippen LogP) is 0.763. The average Bonchev–Trinajstić information content (AvgIpc) is 2.89. The van der Waals surface area contributed by atoms with Crippen LogP contribution in [0.1, 0.15) is 31.3 Å². The third kappa shape index (κ3) is 3.63. The lowest BCUT2D eigenvalue weighted by Gasteiger charge is -2.04. The summed E-state index contributed by atoms with van der Waals surface area (Å²) in [5, 5.41) is 19.1. The average molecular weight is 250 g/mol. The standard InChI is InChI=1S/C11H18N6O/c1-8(2)4-12-5-10-6-17(16-14-10)7-11-15-13-9(3)18-11/h6,8,12H,4-5,7H2,1-3H3. The lowest BCUT2D eigenvalue weighted by Crippen LogP contribution is -2.19. The van der Waals surface area contributed by atoms with E-state index in [0.717, 1.165) is 18.8 Å². The zero-order chi connectivity index (χ0) is 13.0. The highest BCUT2D eigenvalue weighted by atomic mass is 16.4. The number of nitrogens with one attached hydrogen (secondary N) is 1. The van der Waals surface area contributed by atoms with Gasteiger partial charge in [-0.2, -0.15) is 0 Å². The second-order valence-electron chi connectivity index (χ2n) is 4.65. The molecule has 0 saturated heterocycles. The Bertz CT molecular complexity index is 489. The van der Waals surface area contributed by atoms with E-state index >= 15 is 0 Å². The Kier molecular flexibility index (Phi) is 4.03. The summed E-state index contributed by atoms with van der Waals surface area (Å²) < 4.78 is 6.98. The van der Waals surface area contributed by atoms with Crippen molar-refractivity contribution >= 4 is 0 Å². The molecule has 0 atom stereocenters. The molecular formula is C11H18N6O. The minimum absolute atomic E-state index is 0.456. The number of nitrogens with zero attached hydrogens (tertiary/aromatic N) is 5. The van der Waals surface area contributed by atoms with E-state index in [2.05, 4.69) is 39.7 Å². The summed E-state index contributed by atoms with van der Waals surface area (Å²) in [5.74, 6) is 1.73. The molecule has 7 nitrogen and oxygen atoms in total. The van der Waals surface area contributed by atoms with Crippen molar-refractivity contribution in [2.75, 3.05) is 6.54 Å². The lowest BCUT2D eigenvalue weighted by atomic mass is 10.2. The first-order chi connectivity index (χ1) is 8.63. The molecule has 7 heteroatoms. The molecule has 0 saturated carbocycles. The van der Waals surface area contributed by atoms with Crippen molar-refractivity contribution in [1.29, 1.82) is 0 Å². The van der Waals surface area contributed by atoms with Crippen LogP contribution < -0.4 is 5.32 Å². The third-order valence-electron chi connectivity index (χ3n) is 2.31.